The van der Waals surface area contributed by atoms with E-state index in [2.05, 4.69) is 22.0 Å². The van der Waals surface area contributed by atoms with Crippen LogP contribution in [0.15, 0.2) is 77.8 Å². The van der Waals surface area contributed by atoms with Gasteiger partial charge in [-0.3, -0.25) is 9.36 Å². The number of nitrogens with one attached hydrogen (secondary N) is 1. The van der Waals surface area contributed by atoms with Crippen molar-refractivity contribution in [2.24, 2.45) is 10.9 Å². The number of aromatic nitrogens is 1. The third-order valence-electron chi connectivity index (χ3n) is 8.23. The summed E-state index contributed by atoms with van der Waals surface area (Å²) >= 11 is 0. The average molecular weight is 631 g/mol. The van der Waals surface area contributed by atoms with Crippen LogP contribution in [-0.2, 0) is 24.8 Å². The molecule has 1 amide bonds. The zero-order chi connectivity index (χ0) is 32.0. The largest absolute Gasteiger partial charge is 0.494 e. The number of aromatic amines is 1. The highest BCUT2D eigenvalue weighted by Crippen LogP contribution is 2.47. The van der Waals surface area contributed by atoms with Gasteiger partial charge in [0.15, 0.2) is 5.88 Å². The minimum Gasteiger partial charge on any atom is -0.494 e. The number of hydrogen-bond acceptors (Lipinski definition) is 7. The van der Waals surface area contributed by atoms with Gasteiger partial charge in [-0.05, 0) is 82.1 Å². The van der Waals surface area contributed by atoms with E-state index in [1.807, 2.05) is 56.6 Å². The Morgan fingerprint density at radius 2 is 1.67 bits per heavy atom. The number of nitrogens with zero attached hydrogens (tertiary/aromatic N) is 3. The van der Waals surface area contributed by atoms with Crippen molar-refractivity contribution in [3.63, 3.8) is 0 Å². The van der Waals surface area contributed by atoms with Crippen molar-refractivity contribution in [3.05, 3.63) is 89.5 Å². The second kappa shape index (κ2) is 14.6. The molecule has 238 valence electrons. The molecule has 0 bridgehead atoms. The first-order chi connectivity index (χ1) is 21.7. The van der Waals surface area contributed by atoms with E-state index in [1.54, 1.807) is 36.9 Å². The van der Waals surface area contributed by atoms with Gasteiger partial charge in [0.2, 0.25) is 5.91 Å². The molecule has 2 heterocycles. The van der Waals surface area contributed by atoms with Crippen LogP contribution in [0.25, 0.3) is 10.9 Å². The SMILES string of the molecule is CCOP(=O)(OCC)c1ccc2[nH]c(O)c(C(=Nc3ccc(CCN4CCC(C(=O)N(C)C)CC4)cc3)c3ccccc3)c2c1. The maximum absolute atomic E-state index is 13.6. The van der Waals surface area contributed by atoms with Gasteiger partial charge in [0, 0.05) is 43.0 Å². The van der Waals surface area contributed by atoms with Crippen molar-refractivity contribution < 1.29 is 23.5 Å². The Morgan fingerprint density at radius 1 is 1.00 bits per heavy atom. The number of carbonyl (C=O) groups excluding carboxylic acids is 1. The van der Waals surface area contributed by atoms with Crippen molar-refractivity contribution in [2.75, 3.05) is 46.9 Å². The molecule has 1 saturated heterocycles. The molecule has 5 rings (SSSR count). The molecule has 0 aliphatic carbocycles. The second-order valence-electron chi connectivity index (χ2n) is 11.5. The van der Waals surface area contributed by atoms with Crippen LogP contribution in [0.4, 0.5) is 5.69 Å². The zero-order valence-corrected chi connectivity index (χ0v) is 27.4. The molecule has 2 N–H and O–H groups in total. The number of amides is 1. The first-order valence-electron chi connectivity index (χ1n) is 15.6. The standard InChI is InChI=1S/C35H43N4O5P/c1-5-43-45(42,44-6-2)29-16-17-31-30(24-29)32(34(40)37-31)33(26-10-8-7-9-11-26)36-28-14-12-25(13-15-28)18-21-39-22-19-27(20-23-39)35(41)38(3)4/h7-17,24,27,37,40H,5-6,18-23H2,1-4H3. The second-order valence-corrected chi connectivity index (χ2v) is 13.5. The number of aliphatic imine (C=N–C) groups is 1. The van der Waals surface area contributed by atoms with Gasteiger partial charge in [-0.2, -0.15) is 0 Å². The van der Waals surface area contributed by atoms with Crippen LogP contribution in [0.5, 0.6) is 5.88 Å². The van der Waals surface area contributed by atoms with E-state index in [0.29, 0.717) is 27.5 Å². The molecule has 0 unspecified atom stereocenters. The lowest BCUT2D eigenvalue weighted by molar-refractivity contribution is -0.134. The summed E-state index contributed by atoms with van der Waals surface area (Å²) in [4.78, 5) is 24.5. The molecule has 1 aromatic heterocycles. The van der Waals surface area contributed by atoms with Crippen molar-refractivity contribution in [3.8, 4) is 5.88 Å². The quantitative estimate of drug-likeness (QED) is 0.141. The zero-order valence-electron chi connectivity index (χ0n) is 26.5. The van der Waals surface area contributed by atoms with Gasteiger partial charge in [0.25, 0.3) is 0 Å². The van der Waals surface area contributed by atoms with Gasteiger partial charge in [0.05, 0.1) is 35.5 Å². The Morgan fingerprint density at radius 3 is 2.29 bits per heavy atom. The highest BCUT2D eigenvalue weighted by Gasteiger charge is 2.29. The number of H-pyrrole nitrogens is 1. The first kappa shape index (κ1) is 32.6. The smallest absolute Gasteiger partial charge is 0.361 e. The van der Waals surface area contributed by atoms with E-state index in [-0.39, 0.29) is 30.9 Å². The lowest BCUT2D eigenvalue weighted by atomic mass is 9.95. The van der Waals surface area contributed by atoms with Crippen LogP contribution < -0.4 is 5.30 Å². The summed E-state index contributed by atoms with van der Waals surface area (Å²) in [5, 5.41) is 12.2. The predicted molar refractivity (Wildman–Crippen MR) is 180 cm³/mol. The highest BCUT2D eigenvalue weighted by atomic mass is 31.2. The van der Waals surface area contributed by atoms with Crippen molar-refractivity contribution in [1.29, 1.82) is 0 Å². The van der Waals surface area contributed by atoms with Crippen LogP contribution in [-0.4, -0.2) is 78.5 Å². The average Bonchev–Trinajstić information content (AvgIpc) is 3.38. The molecule has 0 atom stereocenters. The maximum atomic E-state index is 13.6. The molecular weight excluding hydrogens is 587 g/mol. The summed E-state index contributed by atoms with van der Waals surface area (Å²) in [6, 6.07) is 23.1. The monoisotopic (exact) mass is 630 g/mol. The molecule has 4 aromatic rings. The van der Waals surface area contributed by atoms with Crippen molar-refractivity contribution in [1.82, 2.24) is 14.8 Å². The molecular formula is C35H43N4O5P. The molecule has 0 saturated carbocycles. The highest BCUT2D eigenvalue weighted by molar-refractivity contribution is 7.62. The number of fused-ring (bicyclic) bond motifs is 1. The number of piperidine rings is 1. The Hall–Kier alpha value is -3.75. The van der Waals surface area contributed by atoms with Crippen LogP contribution in [0, 0.1) is 5.92 Å². The number of hydrogen-bond donors (Lipinski definition) is 2. The lowest BCUT2D eigenvalue weighted by Gasteiger charge is -2.32. The van der Waals surface area contributed by atoms with Crippen LogP contribution in [0.3, 0.4) is 0 Å². The number of benzene rings is 3. The summed E-state index contributed by atoms with van der Waals surface area (Å²) in [5.41, 5.74) is 4.57. The van der Waals surface area contributed by atoms with Crippen molar-refractivity contribution >= 4 is 41.1 Å². The molecule has 1 fully saturated rings. The number of carbonyl (C=O) groups is 1. The number of likely N-dealkylation sites (tertiary alicyclic amines) is 1. The van der Waals surface area contributed by atoms with Gasteiger partial charge in [-0.1, -0.05) is 42.5 Å². The number of rotatable bonds is 12. The van der Waals surface area contributed by atoms with Crippen LogP contribution in [0.1, 0.15) is 43.4 Å². The van der Waals surface area contributed by atoms with Gasteiger partial charge in [-0.15, -0.1) is 0 Å². The summed E-state index contributed by atoms with van der Waals surface area (Å²) in [5.74, 6) is 0.340. The van der Waals surface area contributed by atoms with Crippen LogP contribution in [0.2, 0.25) is 0 Å². The topological polar surface area (TPSA) is 107 Å². The summed E-state index contributed by atoms with van der Waals surface area (Å²) in [6.07, 6.45) is 2.72. The van der Waals surface area contributed by atoms with Gasteiger partial charge in [-0.25, -0.2) is 4.99 Å². The van der Waals surface area contributed by atoms with Gasteiger partial charge < -0.3 is 28.9 Å². The van der Waals surface area contributed by atoms with E-state index >= 15 is 0 Å². The number of aromatic hydroxyl groups is 1. The lowest BCUT2D eigenvalue weighted by Crippen LogP contribution is -2.40. The van der Waals surface area contributed by atoms with Gasteiger partial charge >= 0.3 is 7.60 Å². The Bertz CT molecular complexity index is 1670. The minimum absolute atomic E-state index is 0.0277. The van der Waals surface area contributed by atoms with Crippen molar-refractivity contribution in [2.45, 2.75) is 33.1 Å². The predicted octanol–water partition coefficient (Wildman–Crippen LogP) is 6.28. The van der Waals surface area contributed by atoms with E-state index in [1.165, 1.54) is 5.56 Å². The fourth-order valence-electron chi connectivity index (χ4n) is 5.88. The maximum Gasteiger partial charge on any atom is 0.361 e. The summed E-state index contributed by atoms with van der Waals surface area (Å²) < 4.78 is 24.8. The Balaban J connectivity index is 1.40. The van der Waals surface area contributed by atoms with Gasteiger partial charge in [0.1, 0.15) is 0 Å². The first-order valence-corrected chi connectivity index (χ1v) is 17.2. The normalized spacial score (nSPS) is 15.1. The Labute approximate surface area is 265 Å². The van der Waals surface area contributed by atoms with E-state index in [4.69, 9.17) is 14.0 Å². The van der Waals surface area contributed by atoms with E-state index in [0.717, 1.165) is 50.1 Å². The fourth-order valence-corrected chi connectivity index (χ4v) is 7.48. The molecule has 9 nitrogen and oxygen atoms in total. The molecule has 0 radical (unpaired) electrons. The molecule has 45 heavy (non-hydrogen) atoms. The molecule has 10 heteroatoms. The molecule has 3 aromatic carbocycles. The fraction of sp³-hybridized carbons (Fsp3) is 0.371. The molecule has 0 spiro atoms. The Kier molecular flexibility index (Phi) is 10.6. The van der Waals surface area contributed by atoms with E-state index in [9.17, 15) is 14.5 Å². The summed E-state index contributed by atoms with van der Waals surface area (Å²) in [6.45, 7) is 6.86. The molecule has 1 aliphatic heterocycles. The minimum atomic E-state index is -3.55. The van der Waals surface area contributed by atoms with Crippen LogP contribution >= 0.6 is 7.60 Å². The third-order valence-corrected chi connectivity index (χ3v) is 10.3. The summed E-state index contributed by atoms with van der Waals surface area (Å²) in [7, 11) is 0.114. The molecule has 1 aliphatic rings. The third kappa shape index (κ3) is 7.56. The van der Waals surface area contributed by atoms with E-state index < -0.39 is 7.60 Å².